The summed E-state index contributed by atoms with van der Waals surface area (Å²) in [5, 5.41) is 4.34. The molecule has 0 saturated carbocycles. The molecule has 0 aliphatic carbocycles. The molecule has 82 valence electrons. The van der Waals surface area contributed by atoms with Crippen molar-refractivity contribution < 1.29 is 4.79 Å². The number of hydrogen-bond donors (Lipinski definition) is 0. The highest BCUT2D eigenvalue weighted by atomic mass is 16.1. The fraction of sp³-hybridized carbons (Fsp3) is 0.250. The lowest BCUT2D eigenvalue weighted by molar-refractivity contribution is 0.112. The molecular formula is C12H13N3O. The topological polar surface area (TPSA) is 47.8 Å². The summed E-state index contributed by atoms with van der Waals surface area (Å²) in [4.78, 5) is 14.8. The second kappa shape index (κ2) is 4.26. The second-order valence-corrected chi connectivity index (χ2v) is 3.72. The minimum Gasteiger partial charge on any atom is -0.298 e. The summed E-state index contributed by atoms with van der Waals surface area (Å²) in [5.41, 5.74) is 3.50. The van der Waals surface area contributed by atoms with Crippen LogP contribution >= 0.6 is 0 Å². The predicted molar refractivity (Wildman–Crippen MR) is 60.4 cm³/mol. The second-order valence-electron chi connectivity index (χ2n) is 3.72. The molecule has 0 saturated heterocycles. The van der Waals surface area contributed by atoms with Crippen molar-refractivity contribution >= 4 is 6.29 Å². The van der Waals surface area contributed by atoms with E-state index in [4.69, 9.17) is 0 Å². The van der Waals surface area contributed by atoms with Crippen molar-refractivity contribution in [1.29, 1.82) is 0 Å². The Morgan fingerprint density at radius 3 is 2.56 bits per heavy atom. The van der Waals surface area contributed by atoms with E-state index < -0.39 is 0 Å². The average Bonchev–Trinajstić information content (AvgIpc) is 2.55. The zero-order valence-corrected chi connectivity index (χ0v) is 9.34. The van der Waals surface area contributed by atoms with Gasteiger partial charge >= 0.3 is 0 Å². The molecule has 0 fully saturated rings. The molecule has 2 aromatic heterocycles. The van der Waals surface area contributed by atoms with Gasteiger partial charge in [-0.1, -0.05) is 0 Å². The molecule has 2 aromatic rings. The van der Waals surface area contributed by atoms with Gasteiger partial charge in [0.2, 0.25) is 0 Å². The summed E-state index contributed by atoms with van der Waals surface area (Å²) in [6.45, 7) is 4.42. The summed E-state index contributed by atoms with van der Waals surface area (Å²) in [6.07, 6.45) is 4.37. The third-order valence-corrected chi connectivity index (χ3v) is 2.64. The standard InChI is InChI=1S/C12H13N3O/c1-9-12(8-16)10(2)15(14-9)7-11-3-5-13-6-4-11/h3-6,8H,7H2,1-2H3. The van der Waals surface area contributed by atoms with Crippen LogP contribution < -0.4 is 0 Å². The SMILES string of the molecule is Cc1nn(Cc2ccncc2)c(C)c1C=O. The number of aldehydes is 1. The van der Waals surface area contributed by atoms with Gasteiger partial charge in [-0.25, -0.2) is 0 Å². The van der Waals surface area contributed by atoms with Crippen LogP contribution in [-0.2, 0) is 6.54 Å². The van der Waals surface area contributed by atoms with Crippen LogP contribution in [0.15, 0.2) is 24.5 Å². The first kappa shape index (κ1) is 10.5. The molecule has 0 atom stereocenters. The molecule has 0 aliphatic heterocycles. The molecular weight excluding hydrogens is 202 g/mol. The molecule has 0 radical (unpaired) electrons. The molecule has 0 bridgehead atoms. The highest BCUT2D eigenvalue weighted by Crippen LogP contribution is 2.12. The lowest BCUT2D eigenvalue weighted by Crippen LogP contribution is -2.04. The van der Waals surface area contributed by atoms with Crippen LogP contribution in [0.5, 0.6) is 0 Å². The smallest absolute Gasteiger partial charge is 0.153 e. The molecule has 0 spiro atoms. The molecule has 0 unspecified atom stereocenters. The first-order valence-corrected chi connectivity index (χ1v) is 5.10. The fourth-order valence-electron chi connectivity index (χ4n) is 1.70. The van der Waals surface area contributed by atoms with Gasteiger partial charge in [-0.05, 0) is 31.5 Å². The van der Waals surface area contributed by atoms with Crippen molar-refractivity contribution in [2.45, 2.75) is 20.4 Å². The maximum Gasteiger partial charge on any atom is 0.153 e. The zero-order chi connectivity index (χ0) is 11.5. The van der Waals surface area contributed by atoms with Gasteiger partial charge in [-0.2, -0.15) is 5.10 Å². The van der Waals surface area contributed by atoms with E-state index in [9.17, 15) is 4.79 Å². The molecule has 0 aliphatic rings. The Kier molecular flexibility index (Phi) is 2.81. The lowest BCUT2D eigenvalue weighted by Gasteiger charge is -2.03. The van der Waals surface area contributed by atoms with E-state index in [2.05, 4.69) is 10.1 Å². The Hall–Kier alpha value is -1.97. The van der Waals surface area contributed by atoms with Crippen LogP contribution in [-0.4, -0.2) is 21.1 Å². The van der Waals surface area contributed by atoms with E-state index in [0.29, 0.717) is 12.1 Å². The Labute approximate surface area is 93.9 Å². The first-order chi connectivity index (χ1) is 7.72. The highest BCUT2D eigenvalue weighted by Gasteiger charge is 2.10. The van der Waals surface area contributed by atoms with Crippen LogP contribution in [0, 0.1) is 13.8 Å². The number of aryl methyl sites for hydroxylation is 1. The van der Waals surface area contributed by atoms with Gasteiger partial charge in [0.15, 0.2) is 6.29 Å². The van der Waals surface area contributed by atoms with Crippen LogP contribution in [0.3, 0.4) is 0 Å². The van der Waals surface area contributed by atoms with Gasteiger partial charge in [0.05, 0.1) is 17.8 Å². The van der Waals surface area contributed by atoms with Crippen LogP contribution in [0.2, 0.25) is 0 Å². The molecule has 4 nitrogen and oxygen atoms in total. The normalized spacial score (nSPS) is 10.4. The summed E-state index contributed by atoms with van der Waals surface area (Å²) in [7, 11) is 0. The molecule has 16 heavy (non-hydrogen) atoms. The number of carbonyl (C=O) groups excluding carboxylic acids is 1. The summed E-state index contributed by atoms with van der Waals surface area (Å²) < 4.78 is 1.84. The van der Waals surface area contributed by atoms with Crippen molar-refractivity contribution in [2.75, 3.05) is 0 Å². The number of nitrogens with zero attached hydrogens (tertiary/aromatic N) is 3. The Balaban J connectivity index is 2.32. The summed E-state index contributed by atoms with van der Waals surface area (Å²) >= 11 is 0. The van der Waals surface area contributed by atoms with Crippen molar-refractivity contribution in [1.82, 2.24) is 14.8 Å². The van der Waals surface area contributed by atoms with Gasteiger partial charge in [0, 0.05) is 18.1 Å². The largest absolute Gasteiger partial charge is 0.298 e. The van der Waals surface area contributed by atoms with Gasteiger partial charge in [0.25, 0.3) is 0 Å². The van der Waals surface area contributed by atoms with Crippen LogP contribution in [0.25, 0.3) is 0 Å². The number of rotatable bonds is 3. The summed E-state index contributed by atoms with van der Waals surface area (Å²) in [5.74, 6) is 0. The predicted octanol–water partition coefficient (Wildman–Crippen LogP) is 1.76. The molecule has 2 heterocycles. The highest BCUT2D eigenvalue weighted by molar-refractivity contribution is 5.78. The first-order valence-electron chi connectivity index (χ1n) is 5.10. The minimum atomic E-state index is 0.670. The number of hydrogen-bond acceptors (Lipinski definition) is 3. The number of carbonyl (C=O) groups is 1. The van der Waals surface area contributed by atoms with Crippen LogP contribution in [0.1, 0.15) is 27.3 Å². The van der Waals surface area contributed by atoms with E-state index in [1.54, 1.807) is 12.4 Å². The Morgan fingerprint density at radius 2 is 2.00 bits per heavy atom. The van der Waals surface area contributed by atoms with E-state index in [0.717, 1.165) is 23.2 Å². The molecule has 0 aromatic carbocycles. The zero-order valence-electron chi connectivity index (χ0n) is 9.34. The van der Waals surface area contributed by atoms with E-state index in [1.165, 1.54) is 0 Å². The summed E-state index contributed by atoms with van der Waals surface area (Å²) in [6, 6.07) is 3.88. The number of aromatic nitrogens is 3. The monoisotopic (exact) mass is 215 g/mol. The van der Waals surface area contributed by atoms with Crippen molar-refractivity contribution in [3.05, 3.63) is 47.0 Å². The van der Waals surface area contributed by atoms with E-state index in [1.807, 2.05) is 30.7 Å². The van der Waals surface area contributed by atoms with Crippen molar-refractivity contribution in [3.8, 4) is 0 Å². The molecule has 0 N–H and O–H groups in total. The molecule has 0 amide bonds. The quantitative estimate of drug-likeness (QED) is 0.733. The Morgan fingerprint density at radius 1 is 1.31 bits per heavy atom. The van der Waals surface area contributed by atoms with Crippen LogP contribution in [0.4, 0.5) is 0 Å². The van der Waals surface area contributed by atoms with Crippen molar-refractivity contribution in [3.63, 3.8) is 0 Å². The third-order valence-electron chi connectivity index (χ3n) is 2.64. The fourth-order valence-corrected chi connectivity index (χ4v) is 1.70. The maximum atomic E-state index is 10.9. The molecule has 2 rings (SSSR count). The van der Waals surface area contributed by atoms with E-state index in [-0.39, 0.29) is 0 Å². The van der Waals surface area contributed by atoms with Crippen molar-refractivity contribution in [2.24, 2.45) is 0 Å². The lowest BCUT2D eigenvalue weighted by atomic mass is 10.2. The van der Waals surface area contributed by atoms with E-state index >= 15 is 0 Å². The van der Waals surface area contributed by atoms with Gasteiger partial charge in [-0.3, -0.25) is 14.5 Å². The Bertz CT molecular complexity index is 502. The van der Waals surface area contributed by atoms with Gasteiger partial charge in [-0.15, -0.1) is 0 Å². The third kappa shape index (κ3) is 1.86. The minimum absolute atomic E-state index is 0.670. The molecule has 4 heteroatoms. The maximum absolute atomic E-state index is 10.9. The average molecular weight is 215 g/mol. The van der Waals surface area contributed by atoms with Gasteiger partial charge < -0.3 is 0 Å². The number of pyridine rings is 1. The van der Waals surface area contributed by atoms with Gasteiger partial charge in [0.1, 0.15) is 0 Å².